The molecular formula is C52H26N8. The molecule has 0 atom stereocenters. The van der Waals surface area contributed by atoms with Gasteiger partial charge in [-0.2, -0.15) is 15.8 Å². The van der Waals surface area contributed by atoms with E-state index in [2.05, 4.69) is 90.5 Å². The van der Waals surface area contributed by atoms with E-state index in [1.165, 1.54) is 0 Å². The Morgan fingerprint density at radius 1 is 0.467 bits per heavy atom. The Hall–Kier alpha value is -9.26. The van der Waals surface area contributed by atoms with Crippen molar-refractivity contribution in [2.75, 3.05) is 0 Å². The van der Waals surface area contributed by atoms with Gasteiger partial charge in [0.1, 0.15) is 0 Å². The van der Waals surface area contributed by atoms with Gasteiger partial charge in [-0.15, -0.1) is 0 Å². The van der Waals surface area contributed by atoms with Gasteiger partial charge in [-0.25, -0.2) is 9.69 Å². The zero-order valence-corrected chi connectivity index (χ0v) is 31.6. The van der Waals surface area contributed by atoms with E-state index in [1.807, 2.05) is 79.0 Å². The van der Waals surface area contributed by atoms with Crippen molar-refractivity contribution in [3.05, 3.63) is 198 Å². The smallest absolute Gasteiger partial charge is 0.196 e. The normalized spacial score (nSPS) is 10.9. The molecule has 0 N–H and O–H groups in total. The second-order valence-corrected chi connectivity index (χ2v) is 14.3. The molecule has 0 aliphatic carbocycles. The average molecular weight is 763 g/mol. The van der Waals surface area contributed by atoms with Crippen LogP contribution >= 0.6 is 0 Å². The van der Waals surface area contributed by atoms with E-state index in [0.717, 1.165) is 88.4 Å². The molecule has 8 nitrogen and oxygen atoms in total. The lowest BCUT2D eigenvalue weighted by molar-refractivity contribution is 1.13. The molecule has 0 saturated heterocycles. The summed E-state index contributed by atoms with van der Waals surface area (Å²) >= 11 is 0. The van der Waals surface area contributed by atoms with Crippen LogP contribution in [0.15, 0.2) is 158 Å². The van der Waals surface area contributed by atoms with E-state index in [1.54, 1.807) is 30.5 Å². The molecule has 3 heterocycles. The molecule has 0 amide bonds. The summed E-state index contributed by atoms with van der Waals surface area (Å²) < 4.78 is 4.42. The van der Waals surface area contributed by atoms with Crippen molar-refractivity contribution in [1.82, 2.24) is 14.1 Å². The van der Waals surface area contributed by atoms with Gasteiger partial charge in [0.25, 0.3) is 0 Å². The van der Waals surface area contributed by atoms with E-state index < -0.39 is 0 Å². The van der Waals surface area contributed by atoms with Crippen LogP contribution in [0.4, 0.5) is 11.4 Å². The summed E-state index contributed by atoms with van der Waals surface area (Å²) in [5.41, 5.74) is 12.7. The van der Waals surface area contributed by atoms with Gasteiger partial charge in [-0.3, -0.25) is 4.98 Å². The number of hydrogen-bond donors (Lipinski definition) is 0. The quantitative estimate of drug-likeness (QED) is 0.163. The number of fused-ring (bicyclic) bond motifs is 6. The van der Waals surface area contributed by atoms with E-state index >= 15 is 0 Å². The Morgan fingerprint density at radius 3 is 1.67 bits per heavy atom. The summed E-state index contributed by atoms with van der Waals surface area (Å²) in [4.78, 5) is 11.9. The molecule has 10 rings (SSSR count). The van der Waals surface area contributed by atoms with Crippen molar-refractivity contribution in [2.45, 2.75) is 0 Å². The van der Waals surface area contributed by atoms with Crippen LogP contribution in [0.5, 0.6) is 0 Å². The van der Waals surface area contributed by atoms with E-state index in [0.29, 0.717) is 28.1 Å². The molecule has 7 aromatic carbocycles. The Labute approximate surface area is 344 Å². The SMILES string of the molecule is [C-]#[N+]c1ccc(-c2ccc3c(c2)c2ccccc2n3-c2cc(C#N)ccc2-c2ccncc2-n2c3ccccc3c3cc(-c4ccc(C#N)cc4[N+]#[C-])ccc32)c(C#N)c1. The summed E-state index contributed by atoms with van der Waals surface area (Å²) in [7, 11) is 0. The van der Waals surface area contributed by atoms with Crippen molar-refractivity contribution >= 4 is 55.0 Å². The molecule has 0 bridgehead atoms. The van der Waals surface area contributed by atoms with Crippen LogP contribution in [0, 0.1) is 47.1 Å². The van der Waals surface area contributed by atoms with Crippen molar-refractivity contribution < 1.29 is 0 Å². The first-order valence-electron chi connectivity index (χ1n) is 18.9. The van der Waals surface area contributed by atoms with Crippen LogP contribution in [0.1, 0.15) is 16.7 Å². The lowest BCUT2D eigenvalue weighted by atomic mass is 9.98. The number of para-hydroxylation sites is 2. The van der Waals surface area contributed by atoms with Gasteiger partial charge < -0.3 is 9.13 Å². The maximum atomic E-state index is 10.3. The number of nitriles is 3. The van der Waals surface area contributed by atoms with Crippen LogP contribution < -0.4 is 0 Å². The third-order valence-electron chi connectivity index (χ3n) is 11.2. The fourth-order valence-corrected chi connectivity index (χ4v) is 8.49. The predicted molar refractivity (Wildman–Crippen MR) is 236 cm³/mol. The van der Waals surface area contributed by atoms with Gasteiger partial charge in [0, 0.05) is 50.0 Å². The van der Waals surface area contributed by atoms with Crippen LogP contribution in [-0.4, -0.2) is 14.1 Å². The monoisotopic (exact) mass is 762 g/mol. The van der Waals surface area contributed by atoms with Gasteiger partial charge in [-0.05, 0) is 95.1 Å². The molecule has 0 spiro atoms. The number of aromatic nitrogens is 3. The highest BCUT2D eigenvalue weighted by molar-refractivity contribution is 6.13. The third kappa shape index (κ3) is 5.45. The fraction of sp³-hybridized carbons (Fsp3) is 0. The number of nitrogens with zero attached hydrogens (tertiary/aromatic N) is 8. The van der Waals surface area contributed by atoms with E-state index in [4.69, 9.17) is 13.1 Å². The highest BCUT2D eigenvalue weighted by Gasteiger charge is 2.22. The van der Waals surface area contributed by atoms with E-state index in [9.17, 15) is 15.8 Å². The minimum absolute atomic E-state index is 0.414. The molecule has 0 aliphatic heterocycles. The fourth-order valence-electron chi connectivity index (χ4n) is 8.49. The van der Waals surface area contributed by atoms with Crippen molar-refractivity contribution in [3.63, 3.8) is 0 Å². The Morgan fingerprint density at radius 2 is 1.03 bits per heavy atom. The lowest BCUT2D eigenvalue weighted by Crippen LogP contribution is -2.02. The Kier molecular flexibility index (Phi) is 8.23. The summed E-state index contributed by atoms with van der Waals surface area (Å²) in [6, 6.07) is 53.7. The number of pyridine rings is 1. The molecular weight excluding hydrogens is 737 g/mol. The van der Waals surface area contributed by atoms with Crippen molar-refractivity contribution in [2.24, 2.45) is 0 Å². The number of benzene rings is 7. The first-order chi connectivity index (χ1) is 29.5. The van der Waals surface area contributed by atoms with Crippen molar-refractivity contribution in [3.8, 4) is 63.0 Å². The van der Waals surface area contributed by atoms with Crippen molar-refractivity contribution in [1.29, 1.82) is 15.8 Å². The van der Waals surface area contributed by atoms with Crippen LogP contribution in [0.3, 0.4) is 0 Å². The van der Waals surface area contributed by atoms with E-state index in [-0.39, 0.29) is 0 Å². The van der Waals surface area contributed by atoms with Gasteiger partial charge in [0.2, 0.25) is 0 Å². The third-order valence-corrected chi connectivity index (χ3v) is 11.2. The highest BCUT2D eigenvalue weighted by Crippen LogP contribution is 2.43. The largest absolute Gasteiger partial charge is 0.309 e. The molecule has 0 fully saturated rings. The maximum absolute atomic E-state index is 10.3. The Bertz CT molecular complexity index is 3680. The second kappa shape index (κ2) is 14.0. The van der Waals surface area contributed by atoms with Gasteiger partial charge in [0.05, 0.1) is 76.6 Å². The molecule has 60 heavy (non-hydrogen) atoms. The summed E-state index contributed by atoms with van der Waals surface area (Å²) in [5, 5.41) is 33.8. The van der Waals surface area contributed by atoms with Gasteiger partial charge >= 0.3 is 0 Å². The zero-order chi connectivity index (χ0) is 40.9. The zero-order valence-electron chi connectivity index (χ0n) is 31.6. The predicted octanol–water partition coefficient (Wildman–Crippen LogP) is 13.0. The van der Waals surface area contributed by atoms with Crippen LogP contribution in [0.2, 0.25) is 0 Å². The molecule has 274 valence electrons. The van der Waals surface area contributed by atoms with Crippen LogP contribution in [0.25, 0.3) is 98.1 Å². The first-order valence-corrected chi connectivity index (χ1v) is 18.9. The summed E-state index contributed by atoms with van der Waals surface area (Å²) in [5.74, 6) is 0. The molecule has 0 saturated carbocycles. The molecule has 10 aromatic rings. The van der Waals surface area contributed by atoms with Gasteiger partial charge in [0.15, 0.2) is 11.4 Å². The van der Waals surface area contributed by atoms with Crippen LogP contribution in [-0.2, 0) is 0 Å². The molecule has 3 aromatic heterocycles. The molecule has 0 radical (unpaired) electrons. The minimum atomic E-state index is 0.414. The topological polar surface area (TPSA) is 103 Å². The first kappa shape index (κ1) is 35.2. The second-order valence-electron chi connectivity index (χ2n) is 14.3. The number of rotatable bonds is 5. The lowest BCUT2D eigenvalue weighted by Gasteiger charge is -2.18. The molecule has 0 aliphatic rings. The molecule has 8 heteroatoms. The maximum Gasteiger partial charge on any atom is 0.196 e. The minimum Gasteiger partial charge on any atom is -0.309 e. The molecule has 0 unspecified atom stereocenters. The summed E-state index contributed by atoms with van der Waals surface area (Å²) in [6.07, 6.45) is 3.66. The van der Waals surface area contributed by atoms with Gasteiger partial charge in [-0.1, -0.05) is 72.8 Å². The average Bonchev–Trinajstić information content (AvgIpc) is 3.82. The summed E-state index contributed by atoms with van der Waals surface area (Å²) in [6.45, 7) is 15.3. The standard InChI is InChI=1S/C52H26N8/c1-56-37-15-18-38(36(25-37)30-55)34-13-19-49-44(26-34)40-7-3-5-9-47(40)59(49)51-24-33(29-54)12-17-42(51)43-21-22-58-31-52(43)60-48-10-6-4-8-41(48)45-27-35(14-20-50(45)60)39-16-11-32(28-53)23-46(39)57-2/h3-27,31H. The highest BCUT2D eigenvalue weighted by atomic mass is 15.0. The number of hydrogen-bond acceptors (Lipinski definition) is 4. The Balaban J connectivity index is 1.20.